The maximum atomic E-state index is 4.61. The van der Waals surface area contributed by atoms with Crippen LogP contribution in [0.1, 0.15) is 19.5 Å². The van der Waals surface area contributed by atoms with E-state index in [4.69, 9.17) is 0 Å². The Hall–Kier alpha value is -1.97. The Morgan fingerprint density at radius 1 is 1.17 bits per heavy atom. The molecule has 2 rings (SSSR count). The summed E-state index contributed by atoms with van der Waals surface area (Å²) in [6.07, 6.45) is 4.47. The smallest absolute Gasteiger partial charge is 0.161 e. The summed E-state index contributed by atoms with van der Waals surface area (Å²) in [4.78, 5) is 13.1. The lowest BCUT2D eigenvalue weighted by atomic mass is 10.1. The average molecular weight is 242 g/mol. The number of rotatable bonds is 4. The van der Waals surface area contributed by atoms with Crippen LogP contribution >= 0.6 is 0 Å². The fourth-order valence-electron chi connectivity index (χ4n) is 1.78. The minimum Gasteiger partial charge on any atom is -0.373 e. The van der Waals surface area contributed by atoms with Gasteiger partial charge in [0.25, 0.3) is 0 Å². The molecule has 0 aliphatic rings. The number of aromatic nitrogens is 3. The normalized spacial score (nSPS) is 10.7. The van der Waals surface area contributed by atoms with Gasteiger partial charge >= 0.3 is 0 Å². The highest BCUT2D eigenvalue weighted by molar-refractivity contribution is 5.56. The van der Waals surface area contributed by atoms with E-state index in [9.17, 15) is 0 Å². The van der Waals surface area contributed by atoms with Crippen LogP contribution in [0.4, 0.5) is 5.82 Å². The van der Waals surface area contributed by atoms with Crippen molar-refractivity contribution in [2.24, 2.45) is 5.92 Å². The van der Waals surface area contributed by atoms with Crippen molar-refractivity contribution < 1.29 is 0 Å². The lowest BCUT2D eigenvalue weighted by molar-refractivity contribution is 0.635. The largest absolute Gasteiger partial charge is 0.373 e. The number of hydrogen-bond donors (Lipinski definition) is 1. The Morgan fingerprint density at radius 3 is 2.50 bits per heavy atom. The highest BCUT2D eigenvalue weighted by Gasteiger charge is 2.07. The molecule has 0 radical (unpaired) electrons. The summed E-state index contributed by atoms with van der Waals surface area (Å²) in [6, 6.07) is 5.85. The highest BCUT2D eigenvalue weighted by Crippen LogP contribution is 2.18. The molecule has 0 saturated carbocycles. The van der Waals surface area contributed by atoms with E-state index < -0.39 is 0 Å². The van der Waals surface area contributed by atoms with Crippen molar-refractivity contribution in [3.05, 3.63) is 36.3 Å². The van der Waals surface area contributed by atoms with Gasteiger partial charge in [0, 0.05) is 36.8 Å². The van der Waals surface area contributed by atoms with Crippen LogP contribution in [0.5, 0.6) is 0 Å². The monoisotopic (exact) mass is 242 g/mol. The topological polar surface area (TPSA) is 50.7 Å². The number of hydrogen-bond acceptors (Lipinski definition) is 4. The molecule has 2 aromatic rings. The minimum atomic E-state index is 0.579. The van der Waals surface area contributed by atoms with Crippen LogP contribution in [-0.2, 0) is 6.42 Å². The molecule has 0 fully saturated rings. The van der Waals surface area contributed by atoms with Crippen LogP contribution in [-0.4, -0.2) is 22.0 Å². The predicted octanol–water partition coefficient (Wildman–Crippen LogP) is 2.78. The van der Waals surface area contributed by atoms with Crippen LogP contribution in [0, 0.1) is 5.92 Å². The maximum Gasteiger partial charge on any atom is 0.161 e. The fraction of sp³-hybridized carbons (Fsp3) is 0.357. The summed E-state index contributed by atoms with van der Waals surface area (Å²) < 4.78 is 0. The third kappa shape index (κ3) is 3.03. The molecule has 2 aromatic heterocycles. The molecule has 0 aliphatic carbocycles. The number of anilines is 1. The summed E-state index contributed by atoms with van der Waals surface area (Å²) >= 11 is 0. The summed E-state index contributed by atoms with van der Waals surface area (Å²) in [5.41, 5.74) is 2.06. The molecule has 18 heavy (non-hydrogen) atoms. The van der Waals surface area contributed by atoms with Gasteiger partial charge in [0.05, 0.1) is 0 Å². The lowest BCUT2D eigenvalue weighted by Crippen LogP contribution is -2.03. The molecule has 0 bridgehead atoms. The molecule has 2 heterocycles. The Bertz CT molecular complexity index is 508. The third-order valence-corrected chi connectivity index (χ3v) is 2.59. The zero-order valence-electron chi connectivity index (χ0n) is 11.0. The van der Waals surface area contributed by atoms with Gasteiger partial charge in [-0.3, -0.25) is 4.98 Å². The van der Waals surface area contributed by atoms with E-state index in [-0.39, 0.29) is 0 Å². The maximum absolute atomic E-state index is 4.61. The molecule has 0 saturated heterocycles. The highest BCUT2D eigenvalue weighted by atomic mass is 15.0. The minimum absolute atomic E-state index is 0.579. The average Bonchev–Trinajstić information content (AvgIpc) is 2.38. The standard InChI is InChI=1S/C14H18N4/c1-10(2)8-12-9-13(15-3)18-14(17-12)11-4-6-16-7-5-11/h4-7,9-10H,8H2,1-3H3,(H,15,17,18). The van der Waals surface area contributed by atoms with Crippen molar-refractivity contribution in [2.45, 2.75) is 20.3 Å². The van der Waals surface area contributed by atoms with Crippen LogP contribution in [0.2, 0.25) is 0 Å². The van der Waals surface area contributed by atoms with E-state index in [0.717, 1.165) is 29.3 Å². The van der Waals surface area contributed by atoms with Gasteiger partial charge < -0.3 is 5.32 Å². The van der Waals surface area contributed by atoms with Crippen molar-refractivity contribution in [1.29, 1.82) is 0 Å². The Morgan fingerprint density at radius 2 is 1.89 bits per heavy atom. The predicted molar refractivity (Wildman–Crippen MR) is 73.4 cm³/mol. The second-order valence-electron chi connectivity index (χ2n) is 4.65. The molecular weight excluding hydrogens is 224 g/mol. The van der Waals surface area contributed by atoms with E-state index in [1.54, 1.807) is 12.4 Å². The second kappa shape index (κ2) is 5.58. The van der Waals surface area contributed by atoms with E-state index >= 15 is 0 Å². The lowest BCUT2D eigenvalue weighted by Gasteiger charge is -2.09. The summed E-state index contributed by atoms with van der Waals surface area (Å²) in [6.45, 7) is 4.38. The van der Waals surface area contributed by atoms with Crippen molar-refractivity contribution in [1.82, 2.24) is 15.0 Å². The summed E-state index contributed by atoms with van der Waals surface area (Å²) in [7, 11) is 1.87. The van der Waals surface area contributed by atoms with E-state index in [2.05, 4.69) is 34.1 Å². The van der Waals surface area contributed by atoms with Crippen LogP contribution in [0.15, 0.2) is 30.6 Å². The van der Waals surface area contributed by atoms with Crippen LogP contribution in [0.3, 0.4) is 0 Å². The zero-order chi connectivity index (χ0) is 13.0. The van der Waals surface area contributed by atoms with Crippen molar-refractivity contribution >= 4 is 5.82 Å². The third-order valence-electron chi connectivity index (χ3n) is 2.59. The van der Waals surface area contributed by atoms with Crippen LogP contribution < -0.4 is 5.32 Å². The van der Waals surface area contributed by atoms with Gasteiger partial charge in [-0.05, 0) is 24.5 Å². The first-order chi connectivity index (χ1) is 8.69. The molecule has 1 N–H and O–H groups in total. The molecular formula is C14H18N4. The first-order valence-electron chi connectivity index (χ1n) is 6.15. The molecule has 4 heteroatoms. The van der Waals surface area contributed by atoms with Crippen LogP contribution in [0.25, 0.3) is 11.4 Å². The van der Waals surface area contributed by atoms with Crippen molar-refractivity contribution in [3.8, 4) is 11.4 Å². The van der Waals surface area contributed by atoms with E-state index in [1.807, 2.05) is 25.2 Å². The Kier molecular flexibility index (Phi) is 3.87. The second-order valence-corrected chi connectivity index (χ2v) is 4.65. The van der Waals surface area contributed by atoms with Gasteiger partial charge in [-0.1, -0.05) is 13.8 Å². The van der Waals surface area contributed by atoms with Gasteiger partial charge in [-0.15, -0.1) is 0 Å². The molecule has 94 valence electrons. The quantitative estimate of drug-likeness (QED) is 0.895. The first kappa shape index (κ1) is 12.5. The zero-order valence-corrected chi connectivity index (χ0v) is 11.0. The van der Waals surface area contributed by atoms with Gasteiger partial charge in [0.1, 0.15) is 5.82 Å². The molecule has 0 unspecified atom stereocenters. The van der Waals surface area contributed by atoms with Gasteiger partial charge in [-0.2, -0.15) is 0 Å². The van der Waals surface area contributed by atoms with Crippen molar-refractivity contribution in [3.63, 3.8) is 0 Å². The molecule has 0 amide bonds. The van der Waals surface area contributed by atoms with Gasteiger partial charge in [0.15, 0.2) is 5.82 Å². The molecule has 4 nitrogen and oxygen atoms in total. The summed E-state index contributed by atoms with van der Waals surface area (Å²) in [5.74, 6) is 2.18. The van der Waals surface area contributed by atoms with E-state index in [1.165, 1.54) is 0 Å². The Labute approximate surface area is 108 Å². The molecule has 0 aliphatic heterocycles. The Balaban J connectivity index is 2.41. The van der Waals surface area contributed by atoms with Gasteiger partial charge in [0.2, 0.25) is 0 Å². The molecule has 0 atom stereocenters. The fourth-order valence-corrected chi connectivity index (χ4v) is 1.78. The molecule has 0 spiro atoms. The summed E-state index contributed by atoms with van der Waals surface area (Å²) in [5, 5.41) is 3.08. The number of nitrogens with one attached hydrogen (secondary N) is 1. The van der Waals surface area contributed by atoms with Crippen molar-refractivity contribution in [2.75, 3.05) is 12.4 Å². The number of nitrogens with zero attached hydrogens (tertiary/aromatic N) is 3. The first-order valence-corrected chi connectivity index (χ1v) is 6.15. The van der Waals surface area contributed by atoms with Gasteiger partial charge in [-0.25, -0.2) is 9.97 Å². The van der Waals surface area contributed by atoms with E-state index in [0.29, 0.717) is 5.92 Å². The SMILES string of the molecule is CNc1cc(CC(C)C)nc(-c2ccncc2)n1. The number of pyridine rings is 1. The molecule has 0 aromatic carbocycles.